The number of nitrogens with one attached hydrogen (secondary N) is 1. The first kappa shape index (κ1) is 21.1. The number of benzene rings is 1. The van der Waals surface area contributed by atoms with E-state index in [1.54, 1.807) is 11.1 Å². The molecule has 27 heavy (non-hydrogen) atoms. The van der Waals surface area contributed by atoms with E-state index in [1.165, 1.54) is 36.2 Å². The normalized spacial score (nSPS) is 10.6. The average molecular weight is 388 g/mol. The number of amides is 2. The average Bonchev–Trinajstić information content (AvgIpc) is 3.06. The van der Waals surface area contributed by atoms with E-state index in [1.807, 2.05) is 38.1 Å². The van der Waals surface area contributed by atoms with Gasteiger partial charge in [0.1, 0.15) is 6.54 Å². The smallest absolute Gasteiger partial charge is 0.254 e. The molecule has 0 aliphatic carbocycles. The summed E-state index contributed by atoms with van der Waals surface area (Å²) in [5.41, 5.74) is 1.87. The monoisotopic (exact) mass is 387 g/mol. The predicted molar refractivity (Wildman–Crippen MR) is 111 cm³/mol. The van der Waals surface area contributed by atoms with E-state index >= 15 is 0 Å². The fraction of sp³-hybridized carbons (Fsp3) is 0.476. The molecule has 0 atom stereocenters. The Balaban J connectivity index is 1.97. The predicted octanol–water partition coefficient (Wildman–Crippen LogP) is 4.68. The van der Waals surface area contributed by atoms with Gasteiger partial charge in [-0.05, 0) is 43.9 Å². The molecule has 1 aromatic carbocycles. The molecule has 0 aliphatic rings. The molecule has 1 aromatic heterocycles. The van der Waals surface area contributed by atoms with Gasteiger partial charge in [0.15, 0.2) is 5.13 Å². The fourth-order valence-corrected chi connectivity index (χ4v) is 3.52. The highest BCUT2D eigenvalue weighted by molar-refractivity contribution is 7.15. The van der Waals surface area contributed by atoms with Crippen molar-refractivity contribution in [3.8, 4) is 0 Å². The Bertz CT molecular complexity index is 740. The van der Waals surface area contributed by atoms with Crippen LogP contribution in [0.3, 0.4) is 0 Å². The lowest BCUT2D eigenvalue weighted by atomic mass is 10.0. The SMILES string of the molecule is CCCCCc1ccc(C(=O)N(CCC)CC(=O)Nc2ncc(C)s2)cc1. The second kappa shape index (κ2) is 10.8. The number of aryl methyl sites for hydroxylation is 2. The van der Waals surface area contributed by atoms with Crippen LogP contribution in [0.2, 0.25) is 0 Å². The van der Waals surface area contributed by atoms with E-state index < -0.39 is 0 Å². The lowest BCUT2D eigenvalue weighted by Crippen LogP contribution is -2.38. The summed E-state index contributed by atoms with van der Waals surface area (Å²) in [6.07, 6.45) is 7.14. The summed E-state index contributed by atoms with van der Waals surface area (Å²) in [6, 6.07) is 7.78. The Labute approximate surface area is 165 Å². The zero-order valence-electron chi connectivity index (χ0n) is 16.5. The number of unbranched alkanes of at least 4 members (excludes halogenated alkanes) is 2. The van der Waals surface area contributed by atoms with Gasteiger partial charge in [-0.3, -0.25) is 9.59 Å². The second-order valence-electron chi connectivity index (χ2n) is 6.70. The van der Waals surface area contributed by atoms with Crippen LogP contribution >= 0.6 is 11.3 Å². The van der Waals surface area contributed by atoms with Crippen LogP contribution in [0, 0.1) is 6.92 Å². The Morgan fingerprint density at radius 3 is 2.44 bits per heavy atom. The van der Waals surface area contributed by atoms with Gasteiger partial charge in [-0.2, -0.15) is 0 Å². The molecule has 0 bridgehead atoms. The Morgan fingerprint density at radius 1 is 1.11 bits per heavy atom. The van der Waals surface area contributed by atoms with Crippen molar-refractivity contribution in [1.82, 2.24) is 9.88 Å². The third kappa shape index (κ3) is 6.79. The molecule has 0 aliphatic heterocycles. The Hall–Kier alpha value is -2.21. The summed E-state index contributed by atoms with van der Waals surface area (Å²) >= 11 is 1.42. The maximum Gasteiger partial charge on any atom is 0.254 e. The van der Waals surface area contributed by atoms with Crippen molar-refractivity contribution in [3.05, 3.63) is 46.5 Å². The van der Waals surface area contributed by atoms with Gasteiger partial charge in [0.2, 0.25) is 5.91 Å². The number of carbonyl (C=O) groups is 2. The lowest BCUT2D eigenvalue weighted by molar-refractivity contribution is -0.116. The summed E-state index contributed by atoms with van der Waals surface area (Å²) in [5, 5.41) is 3.34. The number of aromatic nitrogens is 1. The van der Waals surface area contributed by atoms with Gasteiger partial charge in [0.25, 0.3) is 5.91 Å². The zero-order valence-corrected chi connectivity index (χ0v) is 17.3. The summed E-state index contributed by atoms with van der Waals surface area (Å²) in [6.45, 7) is 6.70. The van der Waals surface area contributed by atoms with E-state index in [2.05, 4.69) is 17.2 Å². The summed E-state index contributed by atoms with van der Waals surface area (Å²) in [5.74, 6) is -0.329. The van der Waals surface area contributed by atoms with E-state index in [0.717, 1.165) is 17.7 Å². The van der Waals surface area contributed by atoms with Gasteiger partial charge in [-0.1, -0.05) is 38.8 Å². The second-order valence-corrected chi connectivity index (χ2v) is 7.94. The molecule has 6 heteroatoms. The van der Waals surface area contributed by atoms with Crippen LogP contribution < -0.4 is 5.32 Å². The molecule has 0 fully saturated rings. The first-order valence-corrected chi connectivity index (χ1v) is 10.5. The van der Waals surface area contributed by atoms with Crippen LogP contribution in [-0.2, 0) is 11.2 Å². The van der Waals surface area contributed by atoms with Crippen molar-refractivity contribution >= 4 is 28.3 Å². The van der Waals surface area contributed by atoms with Gasteiger partial charge < -0.3 is 10.2 Å². The van der Waals surface area contributed by atoms with Crippen molar-refractivity contribution in [1.29, 1.82) is 0 Å². The number of nitrogens with zero attached hydrogens (tertiary/aromatic N) is 2. The molecule has 2 amide bonds. The van der Waals surface area contributed by atoms with Gasteiger partial charge in [-0.25, -0.2) is 4.98 Å². The number of hydrogen-bond donors (Lipinski definition) is 1. The molecular weight excluding hydrogens is 358 g/mol. The topological polar surface area (TPSA) is 62.3 Å². The van der Waals surface area contributed by atoms with Crippen molar-refractivity contribution in [2.24, 2.45) is 0 Å². The maximum atomic E-state index is 12.8. The van der Waals surface area contributed by atoms with Crippen molar-refractivity contribution in [2.45, 2.75) is 52.9 Å². The van der Waals surface area contributed by atoms with Gasteiger partial charge in [0.05, 0.1) is 0 Å². The summed E-state index contributed by atoms with van der Waals surface area (Å²) in [4.78, 5) is 31.9. The molecule has 1 N–H and O–H groups in total. The number of rotatable bonds is 10. The highest BCUT2D eigenvalue weighted by Crippen LogP contribution is 2.17. The van der Waals surface area contributed by atoms with E-state index in [9.17, 15) is 9.59 Å². The highest BCUT2D eigenvalue weighted by atomic mass is 32.1. The molecule has 0 radical (unpaired) electrons. The van der Waals surface area contributed by atoms with Crippen LogP contribution in [0.15, 0.2) is 30.5 Å². The number of hydrogen-bond acceptors (Lipinski definition) is 4. The molecule has 0 unspecified atom stereocenters. The van der Waals surface area contributed by atoms with Gasteiger partial charge >= 0.3 is 0 Å². The minimum atomic E-state index is -0.220. The molecule has 0 spiro atoms. The molecule has 5 nitrogen and oxygen atoms in total. The molecule has 0 saturated carbocycles. The standard InChI is InChI=1S/C21H29N3O2S/c1-4-6-7-8-17-9-11-18(12-10-17)20(26)24(13-5-2)15-19(25)23-21-22-14-16(3)27-21/h9-12,14H,4-8,13,15H2,1-3H3,(H,22,23,25). The summed E-state index contributed by atoms with van der Waals surface area (Å²) in [7, 11) is 0. The van der Waals surface area contributed by atoms with Crippen LogP contribution in [0.1, 0.15) is 60.3 Å². The molecule has 0 saturated heterocycles. The Kier molecular flexibility index (Phi) is 8.45. The zero-order chi connectivity index (χ0) is 19.6. The van der Waals surface area contributed by atoms with Crippen LogP contribution in [-0.4, -0.2) is 34.8 Å². The minimum absolute atomic E-state index is 0.0313. The number of thiazole rings is 1. The third-order valence-electron chi connectivity index (χ3n) is 4.25. The summed E-state index contributed by atoms with van der Waals surface area (Å²) < 4.78 is 0. The van der Waals surface area contributed by atoms with Crippen molar-refractivity contribution in [3.63, 3.8) is 0 Å². The Morgan fingerprint density at radius 2 is 1.85 bits per heavy atom. The van der Waals surface area contributed by atoms with Gasteiger partial charge in [-0.15, -0.1) is 11.3 Å². The number of carbonyl (C=O) groups excluding carboxylic acids is 2. The van der Waals surface area contributed by atoms with E-state index in [-0.39, 0.29) is 18.4 Å². The van der Waals surface area contributed by atoms with E-state index in [0.29, 0.717) is 17.2 Å². The third-order valence-corrected chi connectivity index (χ3v) is 5.08. The molecule has 2 rings (SSSR count). The first-order valence-electron chi connectivity index (χ1n) is 9.64. The lowest BCUT2D eigenvalue weighted by Gasteiger charge is -2.21. The van der Waals surface area contributed by atoms with E-state index in [4.69, 9.17) is 0 Å². The molecule has 1 heterocycles. The first-order chi connectivity index (χ1) is 13.0. The number of anilines is 1. The quantitative estimate of drug-likeness (QED) is 0.602. The van der Waals surface area contributed by atoms with Crippen LogP contribution in [0.4, 0.5) is 5.13 Å². The maximum absolute atomic E-state index is 12.8. The fourth-order valence-electron chi connectivity index (χ4n) is 2.84. The minimum Gasteiger partial charge on any atom is -0.329 e. The highest BCUT2D eigenvalue weighted by Gasteiger charge is 2.18. The van der Waals surface area contributed by atoms with Crippen LogP contribution in [0.5, 0.6) is 0 Å². The van der Waals surface area contributed by atoms with Crippen molar-refractivity contribution in [2.75, 3.05) is 18.4 Å². The van der Waals surface area contributed by atoms with Crippen LogP contribution in [0.25, 0.3) is 0 Å². The molecule has 146 valence electrons. The van der Waals surface area contributed by atoms with Gasteiger partial charge in [0, 0.05) is 23.2 Å². The molecule has 2 aromatic rings. The molecular formula is C21H29N3O2S. The van der Waals surface area contributed by atoms with Crippen molar-refractivity contribution < 1.29 is 9.59 Å². The largest absolute Gasteiger partial charge is 0.329 e.